The van der Waals surface area contributed by atoms with Gasteiger partial charge in [-0.05, 0) is 30.5 Å². The fourth-order valence-corrected chi connectivity index (χ4v) is 3.04. The summed E-state index contributed by atoms with van der Waals surface area (Å²) in [6.07, 6.45) is 6.16. The quantitative estimate of drug-likeness (QED) is 0.827. The fraction of sp³-hybridized carbons (Fsp3) is 0.562. The Balaban J connectivity index is 1.85. The Morgan fingerprint density at radius 2 is 1.81 bits per heavy atom. The van der Waals surface area contributed by atoms with Crippen LogP contribution in [0.2, 0.25) is 10.0 Å². The normalized spacial score (nSPS) is 18.0. The molecule has 0 saturated heterocycles. The van der Waals surface area contributed by atoms with Gasteiger partial charge in [0, 0.05) is 6.54 Å². The highest BCUT2D eigenvalue weighted by Gasteiger charge is 2.28. The molecule has 1 aliphatic carbocycles. The number of halogens is 2. The standard InChI is InChI=1S/C16H21Cl2NO2/c17-13-6-5-12(9-14(13)18)10-15(20)19-11-16(21)7-3-1-2-4-8-16/h5-6,9,21H,1-4,7-8,10-11H2,(H,19,20). The van der Waals surface area contributed by atoms with Gasteiger partial charge in [0.05, 0.1) is 22.1 Å². The van der Waals surface area contributed by atoms with Crippen molar-refractivity contribution in [3.63, 3.8) is 0 Å². The predicted molar refractivity (Wildman–Crippen MR) is 85.8 cm³/mol. The Morgan fingerprint density at radius 3 is 2.43 bits per heavy atom. The van der Waals surface area contributed by atoms with Crippen molar-refractivity contribution in [2.24, 2.45) is 0 Å². The van der Waals surface area contributed by atoms with Gasteiger partial charge in [0.15, 0.2) is 0 Å². The van der Waals surface area contributed by atoms with Crippen molar-refractivity contribution < 1.29 is 9.90 Å². The van der Waals surface area contributed by atoms with Gasteiger partial charge in [0.25, 0.3) is 0 Å². The molecule has 0 spiro atoms. The maximum Gasteiger partial charge on any atom is 0.224 e. The van der Waals surface area contributed by atoms with Crippen LogP contribution in [0.4, 0.5) is 0 Å². The van der Waals surface area contributed by atoms with E-state index in [4.69, 9.17) is 23.2 Å². The Morgan fingerprint density at radius 1 is 1.14 bits per heavy atom. The van der Waals surface area contributed by atoms with Crippen LogP contribution in [0.5, 0.6) is 0 Å². The van der Waals surface area contributed by atoms with E-state index in [1.54, 1.807) is 18.2 Å². The highest BCUT2D eigenvalue weighted by atomic mass is 35.5. The summed E-state index contributed by atoms with van der Waals surface area (Å²) < 4.78 is 0. The van der Waals surface area contributed by atoms with Crippen LogP contribution < -0.4 is 5.32 Å². The largest absolute Gasteiger partial charge is 0.388 e. The summed E-state index contributed by atoms with van der Waals surface area (Å²) in [6, 6.07) is 5.17. The molecule has 0 atom stereocenters. The number of nitrogens with one attached hydrogen (secondary N) is 1. The fourth-order valence-electron chi connectivity index (χ4n) is 2.72. The van der Waals surface area contributed by atoms with Gasteiger partial charge in [-0.3, -0.25) is 4.79 Å². The summed E-state index contributed by atoms with van der Waals surface area (Å²) >= 11 is 11.8. The zero-order chi connectivity index (χ0) is 15.3. The van der Waals surface area contributed by atoms with Crippen molar-refractivity contribution in [1.82, 2.24) is 5.32 Å². The van der Waals surface area contributed by atoms with Gasteiger partial charge < -0.3 is 10.4 Å². The van der Waals surface area contributed by atoms with Crippen molar-refractivity contribution >= 4 is 29.1 Å². The number of benzene rings is 1. The van der Waals surface area contributed by atoms with E-state index >= 15 is 0 Å². The average Bonchev–Trinajstić information content (AvgIpc) is 2.66. The second-order valence-corrected chi connectivity index (χ2v) is 6.65. The lowest BCUT2D eigenvalue weighted by atomic mass is 9.94. The number of amides is 1. The van der Waals surface area contributed by atoms with Gasteiger partial charge in [-0.2, -0.15) is 0 Å². The number of carbonyl (C=O) groups is 1. The average molecular weight is 330 g/mol. The number of aliphatic hydroxyl groups is 1. The van der Waals surface area contributed by atoms with Crippen molar-refractivity contribution in [3.8, 4) is 0 Å². The van der Waals surface area contributed by atoms with Gasteiger partial charge in [-0.15, -0.1) is 0 Å². The molecule has 0 aliphatic heterocycles. The van der Waals surface area contributed by atoms with Crippen LogP contribution in [0, 0.1) is 0 Å². The molecule has 0 heterocycles. The maximum absolute atomic E-state index is 12.0. The first-order valence-corrected chi connectivity index (χ1v) is 8.17. The zero-order valence-corrected chi connectivity index (χ0v) is 13.5. The van der Waals surface area contributed by atoms with E-state index in [0.717, 1.165) is 31.2 Å². The molecule has 3 nitrogen and oxygen atoms in total. The SMILES string of the molecule is O=C(Cc1ccc(Cl)c(Cl)c1)NCC1(O)CCCCCC1. The Kier molecular flexibility index (Phi) is 5.91. The minimum Gasteiger partial charge on any atom is -0.388 e. The number of hydrogen-bond acceptors (Lipinski definition) is 2. The van der Waals surface area contributed by atoms with E-state index < -0.39 is 5.60 Å². The van der Waals surface area contributed by atoms with E-state index in [-0.39, 0.29) is 12.3 Å². The van der Waals surface area contributed by atoms with Crippen LogP contribution in [-0.4, -0.2) is 23.2 Å². The van der Waals surface area contributed by atoms with Crippen LogP contribution in [0.3, 0.4) is 0 Å². The molecule has 1 aliphatic rings. The van der Waals surface area contributed by atoms with Gasteiger partial charge in [0.1, 0.15) is 0 Å². The molecular weight excluding hydrogens is 309 g/mol. The topological polar surface area (TPSA) is 49.3 Å². The molecule has 5 heteroatoms. The smallest absolute Gasteiger partial charge is 0.224 e. The molecular formula is C16H21Cl2NO2. The third kappa shape index (κ3) is 5.17. The molecule has 0 unspecified atom stereocenters. The van der Waals surface area contributed by atoms with Crippen LogP contribution in [0.15, 0.2) is 18.2 Å². The molecule has 2 rings (SSSR count). The number of rotatable bonds is 4. The Labute approximate surface area is 135 Å². The second-order valence-electron chi connectivity index (χ2n) is 5.84. The highest BCUT2D eigenvalue weighted by molar-refractivity contribution is 6.42. The lowest BCUT2D eigenvalue weighted by Gasteiger charge is -2.26. The third-order valence-electron chi connectivity index (χ3n) is 4.00. The first kappa shape index (κ1) is 16.6. The Bertz CT molecular complexity index is 497. The first-order valence-electron chi connectivity index (χ1n) is 7.42. The molecule has 1 fully saturated rings. The molecule has 1 amide bonds. The van der Waals surface area contributed by atoms with E-state index in [1.807, 2.05) is 0 Å². The summed E-state index contributed by atoms with van der Waals surface area (Å²) in [4.78, 5) is 12.0. The highest BCUT2D eigenvalue weighted by Crippen LogP contribution is 2.26. The zero-order valence-electron chi connectivity index (χ0n) is 12.0. The van der Waals surface area contributed by atoms with E-state index in [1.165, 1.54) is 12.8 Å². The van der Waals surface area contributed by atoms with Crippen molar-refractivity contribution in [1.29, 1.82) is 0 Å². The molecule has 1 aromatic rings. The minimum absolute atomic E-state index is 0.105. The monoisotopic (exact) mass is 329 g/mol. The number of carbonyl (C=O) groups excluding carboxylic acids is 1. The van der Waals surface area contributed by atoms with E-state index in [0.29, 0.717) is 16.6 Å². The number of hydrogen-bond donors (Lipinski definition) is 2. The molecule has 0 bridgehead atoms. The summed E-state index contributed by atoms with van der Waals surface area (Å²) in [6.45, 7) is 0.327. The minimum atomic E-state index is -0.746. The van der Waals surface area contributed by atoms with Gasteiger partial charge in [0.2, 0.25) is 5.91 Å². The molecule has 2 N–H and O–H groups in total. The van der Waals surface area contributed by atoms with Gasteiger partial charge in [-0.1, -0.05) is 55.0 Å². The second kappa shape index (κ2) is 7.48. The van der Waals surface area contributed by atoms with Crippen LogP contribution in [-0.2, 0) is 11.2 Å². The van der Waals surface area contributed by atoms with Gasteiger partial charge >= 0.3 is 0 Å². The predicted octanol–water partition coefficient (Wildman–Crippen LogP) is 3.74. The maximum atomic E-state index is 12.0. The summed E-state index contributed by atoms with van der Waals surface area (Å²) in [7, 11) is 0. The van der Waals surface area contributed by atoms with Crippen LogP contribution in [0.25, 0.3) is 0 Å². The molecule has 21 heavy (non-hydrogen) atoms. The molecule has 0 radical (unpaired) electrons. The first-order chi connectivity index (χ1) is 9.98. The molecule has 1 aromatic carbocycles. The summed E-state index contributed by atoms with van der Waals surface area (Å²) in [5, 5.41) is 14.3. The van der Waals surface area contributed by atoms with E-state index in [9.17, 15) is 9.90 Å². The summed E-state index contributed by atoms with van der Waals surface area (Å²) in [5.41, 5.74) is 0.0684. The summed E-state index contributed by atoms with van der Waals surface area (Å²) in [5.74, 6) is -0.105. The van der Waals surface area contributed by atoms with Gasteiger partial charge in [-0.25, -0.2) is 0 Å². The lowest BCUT2D eigenvalue weighted by Crippen LogP contribution is -2.43. The van der Waals surface area contributed by atoms with E-state index in [2.05, 4.69) is 5.32 Å². The third-order valence-corrected chi connectivity index (χ3v) is 4.74. The van der Waals surface area contributed by atoms with Crippen molar-refractivity contribution in [2.45, 2.75) is 50.5 Å². The lowest BCUT2D eigenvalue weighted by molar-refractivity contribution is -0.121. The van der Waals surface area contributed by atoms with Crippen molar-refractivity contribution in [2.75, 3.05) is 6.54 Å². The van der Waals surface area contributed by atoms with Crippen LogP contribution >= 0.6 is 23.2 Å². The van der Waals surface area contributed by atoms with Crippen LogP contribution in [0.1, 0.15) is 44.1 Å². The van der Waals surface area contributed by atoms with Crippen molar-refractivity contribution in [3.05, 3.63) is 33.8 Å². The Hall–Kier alpha value is -0.770. The molecule has 116 valence electrons. The molecule has 1 saturated carbocycles. The molecule has 0 aromatic heterocycles.